The van der Waals surface area contributed by atoms with E-state index in [4.69, 9.17) is 9.84 Å². The second kappa shape index (κ2) is 4.93. The van der Waals surface area contributed by atoms with Crippen LogP contribution in [-0.2, 0) is 16.1 Å². The van der Waals surface area contributed by atoms with Crippen LogP contribution < -0.4 is 0 Å². The zero-order chi connectivity index (χ0) is 11.4. The van der Waals surface area contributed by atoms with Gasteiger partial charge in [0, 0.05) is 12.3 Å². The van der Waals surface area contributed by atoms with Gasteiger partial charge in [0.1, 0.15) is 0 Å². The Morgan fingerprint density at radius 3 is 2.73 bits per heavy atom. The molecular formula is C10H16N2O3. The second-order valence-corrected chi connectivity index (χ2v) is 3.39. The lowest BCUT2D eigenvalue weighted by Gasteiger charge is -2.13. The van der Waals surface area contributed by atoms with Gasteiger partial charge in [-0.25, -0.2) is 4.79 Å². The highest BCUT2D eigenvalue weighted by atomic mass is 16.5. The number of aliphatic carboxylic acids is 1. The van der Waals surface area contributed by atoms with Gasteiger partial charge in [0.15, 0.2) is 6.10 Å². The van der Waals surface area contributed by atoms with Crippen LogP contribution in [0.5, 0.6) is 0 Å². The summed E-state index contributed by atoms with van der Waals surface area (Å²) in [6.07, 6.45) is -0.826. The molecule has 0 fully saturated rings. The molecule has 0 saturated heterocycles. The zero-order valence-corrected chi connectivity index (χ0v) is 9.23. The minimum absolute atomic E-state index is 0.253. The van der Waals surface area contributed by atoms with Gasteiger partial charge < -0.3 is 9.84 Å². The molecule has 0 bridgehead atoms. The number of carboxylic acid groups (broad SMARTS) is 1. The molecule has 0 aliphatic carbocycles. The largest absolute Gasteiger partial charge is 0.479 e. The van der Waals surface area contributed by atoms with Crippen LogP contribution in [0.25, 0.3) is 0 Å². The summed E-state index contributed by atoms with van der Waals surface area (Å²) >= 11 is 0. The van der Waals surface area contributed by atoms with Crippen molar-refractivity contribution in [3.8, 4) is 0 Å². The Bertz CT molecular complexity index is 346. The Morgan fingerprint density at radius 2 is 2.33 bits per heavy atom. The van der Waals surface area contributed by atoms with E-state index in [2.05, 4.69) is 5.10 Å². The second-order valence-electron chi connectivity index (χ2n) is 3.39. The van der Waals surface area contributed by atoms with Crippen molar-refractivity contribution in [1.82, 2.24) is 9.78 Å². The molecule has 1 unspecified atom stereocenters. The first-order valence-electron chi connectivity index (χ1n) is 4.90. The molecule has 0 aromatic carbocycles. The number of aryl methyl sites for hydroxylation is 2. The number of hydrogen-bond acceptors (Lipinski definition) is 3. The van der Waals surface area contributed by atoms with Crippen molar-refractivity contribution in [3.05, 3.63) is 17.5 Å². The van der Waals surface area contributed by atoms with Crippen LogP contribution in [0.1, 0.15) is 18.3 Å². The van der Waals surface area contributed by atoms with Crippen LogP contribution in [-0.4, -0.2) is 33.6 Å². The Balaban J connectivity index is 2.73. The van der Waals surface area contributed by atoms with Crippen molar-refractivity contribution >= 4 is 5.97 Å². The lowest BCUT2D eigenvalue weighted by Crippen LogP contribution is -2.30. The van der Waals surface area contributed by atoms with Crippen LogP contribution >= 0.6 is 0 Å². The van der Waals surface area contributed by atoms with Gasteiger partial charge in [0.25, 0.3) is 0 Å². The minimum Gasteiger partial charge on any atom is -0.479 e. The van der Waals surface area contributed by atoms with E-state index >= 15 is 0 Å². The van der Waals surface area contributed by atoms with Crippen molar-refractivity contribution in [1.29, 1.82) is 0 Å². The summed E-state index contributed by atoms with van der Waals surface area (Å²) in [4.78, 5) is 10.8. The highest BCUT2D eigenvalue weighted by Gasteiger charge is 2.19. The fourth-order valence-electron chi connectivity index (χ4n) is 1.42. The number of ether oxygens (including phenoxy) is 1. The molecule has 5 nitrogen and oxygen atoms in total. The van der Waals surface area contributed by atoms with E-state index in [1.807, 2.05) is 19.9 Å². The van der Waals surface area contributed by atoms with Crippen molar-refractivity contribution in [2.45, 2.75) is 33.4 Å². The summed E-state index contributed by atoms with van der Waals surface area (Å²) < 4.78 is 6.77. The molecule has 0 aliphatic rings. The van der Waals surface area contributed by atoms with Gasteiger partial charge >= 0.3 is 5.97 Å². The fraction of sp³-hybridized carbons (Fsp3) is 0.600. The third-order valence-corrected chi connectivity index (χ3v) is 2.09. The number of carbonyl (C=O) groups is 1. The zero-order valence-electron chi connectivity index (χ0n) is 9.23. The van der Waals surface area contributed by atoms with Crippen LogP contribution in [0, 0.1) is 13.8 Å². The number of aromatic nitrogens is 2. The molecular weight excluding hydrogens is 196 g/mol. The van der Waals surface area contributed by atoms with Crippen LogP contribution in [0.3, 0.4) is 0 Å². The van der Waals surface area contributed by atoms with Crippen molar-refractivity contribution < 1.29 is 14.6 Å². The third-order valence-electron chi connectivity index (χ3n) is 2.09. The molecule has 1 rings (SSSR count). The number of carboxylic acids is 1. The Kier molecular flexibility index (Phi) is 3.85. The van der Waals surface area contributed by atoms with Gasteiger partial charge in [-0.1, -0.05) is 0 Å². The van der Waals surface area contributed by atoms with Crippen LogP contribution in [0.15, 0.2) is 6.07 Å². The SMILES string of the molecule is CCOC(Cn1nc(C)cc1C)C(=O)O. The van der Waals surface area contributed by atoms with Crippen LogP contribution in [0.4, 0.5) is 0 Å². The molecule has 0 radical (unpaired) electrons. The predicted octanol–water partition coefficient (Wildman–Crippen LogP) is 0.990. The average Bonchev–Trinajstić information content (AvgIpc) is 2.44. The topological polar surface area (TPSA) is 64.4 Å². The summed E-state index contributed by atoms with van der Waals surface area (Å²) in [5.74, 6) is -0.954. The Labute approximate surface area is 88.7 Å². The molecule has 0 saturated carbocycles. The number of rotatable bonds is 5. The predicted molar refractivity (Wildman–Crippen MR) is 54.8 cm³/mol. The summed E-state index contributed by atoms with van der Waals surface area (Å²) in [5, 5.41) is 13.1. The van der Waals surface area contributed by atoms with E-state index in [9.17, 15) is 4.79 Å². The first-order valence-corrected chi connectivity index (χ1v) is 4.90. The summed E-state index contributed by atoms with van der Waals surface area (Å²) in [6, 6.07) is 1.91. The van der Waals surface area contributed by atoms with Gasteiger partial charge in [-0.2, -0.15) is 5.10 Å². The highest BCUT2D eigenvalue weighted by molar-refractivity contribution is 5.72. The Hall–Kier alpha value is -1.36. The summed E-state index contributed by atoms with van der Waals surface area (Å²) in [5.41, 5.74) is 1.83. The first-order chi connectivity index (χ1) is 7.04. The van der Waals surface area contributed by atoms with E-state index in [-0.39, 0.29) is 6.54 Å². The molecule has 1 heterocycles. The molecule has 15 heavy (non-hydrogen) atoms. The molecule has 1 aromatic heterocycles. The van der Waals surface area contributed by atoms with Gasteiger partial charge in [-0.3, -0.25) is 4.68 Å². The minimum atomic E-state index is -0.954. The van der Waals surface area contributed by atoms with Crippen molar-refractivity contribution in [2.75, 3.05) is 6.61 Å². The van der Waals surface area contributed by atoms with Crippen molar-refractivity contribution in [3.63, 3.8) is 0 Å². The molecule has 0 aliphatic heterocycles. The maximum Gasteiger partial charge on any atom is 0.334 e. The first kappa shape index (κ1) is 11.7. The van der Waals surface area contributed by atoms with Crippen LogP contribution in [0.2, 0.25) is 0 Å². The monoisotopic (exact) mass is 212 g/mol. The van der Waals surface area contributed by atoms with E-state index in [0.717, 1.165) is 11.4 Å². The third kappa shape index (κ3) is 3.06. The maximum atomic E-state index is 10.8. The molecule has 5 heteroatoms. The normalized spacial score (nSPS) is 12.7. The molecule has 1 aromatic rings. The van der Waals surface area contributed by atoms with E-state index in [0.29, 0.717) is 6.61 Å². The molecule has 0 amide bonds. The van der Waals surface area contributed by atoms with Gasteiger partial charge in [-0.05, 0) is 26.8 Å². The van der Waals surface area contributed by atoms with Gasteiger partial charge in [0.2, 0.25) is 0 Å². The Morgan fingerprint density at radius 1 is 1.67 bits per heavy atom. The van der Waals surface area contributed by atoms with Gasteiger partial charge in [-0.15, -0.1) is 0 Å². The lowest BCUT2D eigenvalue weighted by molar-refractivity contribution is -0.151. The lowest BCUT2D eigenvalue weighted by atomic mass is 10.3. The summed E-state index contributed by atoms with van der Waals surface area (Å²) in [6.45, 7) is 6.18. The average molecular weight is 212 g/mol. The molecule has 1 atom stereocenters. The molecule has 0 spiro atoms. The standard InChI is InChI=1S/C10H16N2O3/c1-4-15-9(10(13)14)6-12-8(3)5-7(2)11-12/h5,9H,4,6H2,1-3H3,(H,13,14). The van der Waals surface area contributed by atoms with E-state index < -0.39 is 12.1 Å². The quantitative estimate of drug-likeness (QED) is 0.790. The number of hydrogen-bond donors (Lipinski definition) is 1. The maximum absolute atomic E-state index is 10.8. The number of nitrogens with zero attached hydrogens (tertiary/aromatic N) is 2. The highest BCUT2D eigenvalue weighted by Crippen LogP contribution is 2.05. The van der Waals surface area contributed by atoms with E-state index in [1.165, 1.54) is 0 Å². The smallest absolute Gasteiger partial charge is 0.334 e. The fourth-order valence-corrected chi connectivity index (χ4v) is 1.42. The summed E-state index contributed by atoms with van der Waals surface area (Å²) in [7, 11) is 0. The van der Waals surface area contributed by atoms with Gasteiger partial charge in [0.05, 0.1) is 12.2 Å². The molecule has 1 N–H and O–H groups in total. The van der Waals surface area contributed by atoms with E-state index in [1.54, 1.807) is 11.6 Å². The van der Waals surface area contributed by atoms with Crippen molar-refractivity contribution in [2.24, 2.45) is 0 Å². The molecule has 84 valence electrons.